The van der Waals surface area contributed by atoms with E-state index in [1.807, 2.05) is 18.0 Å². The van der Waals surface area contributed by atoms with Crippen LogP contribution in [-0.4, -0.2) is 30.7 Å². The average molecular weight is 353 g/mol. The van der Waals surface area contributed by atoms with Crippen LogP contribution in [0.1, 0.15) is 24.0 Å². The van der Waals surface area contributed by atoms with Crippen LogP contribution < -0.4 is 4.90 Å². The first-order valence-corrected chi connectivity index (χ1v) is 9.17. The lowest BCUT2D eigenvalue weighted by molar-refractivity contribution is 0.234. The van der Waals surface area contributed by atoms with E-state index in [2.05, 4.69) is 9.97 Å². The Kier molecular flexibility index (Phi) is 4.49. The summed E-state index contributed by atoms with van der Waals surface area (Å²) in [6, 6.07) is 5.57. The van der Waals surface area contributed by atoms with Crippen molar-refractivity contribution in [1.29, 1.82) is 0 Å². The number of fused-ring (bicyclic) bond motifs is 1. The highest BCUT2D eigenvalue weighted by atomic mass is 32.2. The highest BCUT2D eigenvalue weighted by Gasteiger charge is 2.26. The minimum absolute atomic E-state index is 0.366. The molecule has 5 nitrogen and oxygen atoms in total. The smallest absolute Gasteiger partial charge is 0.341 e. The normalized spacial score (nSPS) is 14.8. The molecule has 8 heteroatoms. The Hall–Kier alpha value is -2.09. The van der Waals surface area contributed by atoms with Crippen LogP contribution >= 0.6 is 0 Å². The molecule has 0 N–H and O–H groups in total. The summed E-state index contributed by atoms with van der Waals surface area (Å²) in [4.78, 5) is 10.5. The van der Waals surface area contributed by atoms with Gasteiger partial charge in [0.2, 0.25) is 9.84 Å². The van der Waals surface area contributed by atoms with Gasteiger partial charge in [-0.05, 0) is 36.2 Å². The number of aryl methyl sites for hydroxylation is 1. The van der Waals surface area contributed by atoms with Gasteiger partial charge >= 0.3 is 5.76 Å². The van der Waals surface area contributed by atoms with Gasteiger partial charge in [-0.15, -0.1) is 0 Å². The van der Waals surface area contributed by atoms with Crippen molar-refractivity contribution in [3.63, 3.8) is 0 Å². The number of aromatic nitrogens is 2. The number of hydrogen-bond donors (Lipinski definition) is 0. The average Bonchev–Trinajstić information content (AvgIpc) is 2.60. The lowest BCUT2D eigenvalue weighted by Gasteiger charge is -2.30. The van der Waals surface area contributed by atoms with Crippen LogP contribution in [0.3, 0.4) is 0 Å². The second-order valence-corrected chi connectivity index (χ2v) is 7.50. The number of sulfone groups is 1. The third kappa shape index (κ3) is 3.10. The van der Waals surface area contributed by atoms with Gasteiger partial charge in [0.1, 0.15) is 5.82 Å². The van der Waals surface area contributed by atoms with Gasteiger partial charge in [-0.25, -0.2) is 18.4 Å². The zero-order valence-electron chi connectivity index (χ0n) is 13.1. The zero-order valence-corrected chi connectivity index (χ0v) is 13.9. The molecule has 0 bridgehead atoms. The Morgan fingerprint density at radius 2 is 1.96 bits per heavy atom. The monoisotopic (exact) mass is 353 g/mol. The molecule has 1 aliphatic rings. The van der Waals surface area contributed by atoms with Gasteiger partial charge in [-0.3, -0.25) is 0 Å². The summed E-state index contributed by atoms with van der Waals surface area (Å²) in [5, 5.41) is 0. The molecule has 2 aromatic rings. The molecule has 0 amide bonds. The number of rotatable bonds is 4. The second kappa shape index (κ2) is 6.43. The zero-order chi connectivity index (χ0) is 17.3. The number of anilines is 1. The Bertz CT molecular complexity index is 839. The number of alkyl halides is 2. The first kappa shape index (κ1) is 16.8. The van der Waals surface area contributed by atoms with Crippen molar-refractivity contribution in [2.45, 2.75) is 37.0 Å². The van der Waals surface area contributed by atoms with Crippen molar-refractivity contribution < 1.29 is 17.2 Å². The molecule has 1 aliphatic heterocycles. The summed E-state index contributed by atoms with van der Waals surface area (Å²) in [6.07, 6.45) is 3.40. The number of hydrogen-bond acceptors (Lipinski definition) is 5. The molecule has 0 fully saturated rings. The topological polar surface area (TPSA) is 63.2 Å². The van der Waals surface area contributed by atoms with E-state index in [1.165, 1.54) is 12.1 Å². The molecule has 24 heavy (non-hydrogen) atoms. The molecule has 3 rings (SSSR count). The molecule has 0 unspecified atom stereocenters. The molecule has 128 valence electrons. The van der Waals surface area contributed by atoms with E-state index < -0.39 is 15.6 Å². The Morgan fingerprint density at radius 1 is 1.25 bits per heavy atom. The predicted octanol–water partition coefficient (Wildman–Crippen LogP) is 2.60. The maximum Gasteiger partial charge on any atom is 0.341 e. The number of halogens is 2. The van der Waals surface area contributed by atoms with Gasteiger partial charge in [-0.1, -0.05) is 6.92 Å². The Labute approximate surface area is 139 Å². The highest BCUT2D eigenvalue weighted by Crippen LogP contribution is 2.26. The fraction of sp³-hybridized carbons (Fsp3) is 0.375. The van der Waals surface area contributed by atoms with Crippen molar-refractivity contribution in [1.82, 2.24) is 9.97 Å². The molecular weight excluding hydrogens is 336 g/mol. The van der Waals surface area contributed by atoms with Crippen LogP contribution in [0.4, 0.5) is 14.5 Å². The molecule has 0 saturated carbocycles. The van der Waals surface area contributed by atoms with Crippen LogP contribution in [0.2, 0.25) is 0 Å². The molecule has 0 radical (unpaired) electrons. The summed E-state index contributed by atoms with van der Waals surface area (Å²) in [5.74, 6) is -2.62. The summed E-state index contributed by atoms with van der Waals surface area (Å²) in [7, 11) is -4.55. The SMILES string of the molecule is CCc1ncc2c(n1)CN(c1ccc(S(=O)(=O)C(F)F)cc1)CC2. The van der Waals surface area contributed by atoms with Crippen LogP contribution in [0, 0.1) is 0 Å². The van der Waals surface area contributed by atoms with Crippen LogP contribution in [0.15, 0.2) is 35.4 Å². The molecule has 0 atom stereocenters. The van der Waals surface area contributed by atoms with Crippen molar-refractivity contribution in [2.75, 3.05) is 11.4 Å². The molecule has 2 heterocycles. The van der Waals surface area contributed by atoms with Gasteiger partial charge in [0.05, 0.1) is 17.1 Å². The van der Waals surface area contributed by atoms with Gasteiger partial charge in [0, 0.05) is 24.8 Å². The van der Waals surface area contributed by atoms with Crippen LogP contribution in [0.5, 0.6) is 0 Å². The lowest BCUT2D eigenvalue weighted by atomic mass is 10.1. The highest BCUT2D eigenvalue weighted by molar-refractivity contribution is 7.91. The van der Waals surface area contributed by atoms with Crippen LogP contribution in [0.25, 0.3) is 0 Å². The van der Waals surface area contributed by atoms with E-state index in [1.54, 1.807) is 12.1 Å². The number of benzene rings is 1. The van der Waals surface area contributed by atoms with E-state index >= 15 is 0 Å². The van der Waals surface area contributed by atoms with E-state index in [0.29, 0.717) is 6.54 Å². The molecular formula is C16H17F2N3O2S. The third-order valence-electron chi connectivity index (χ3n) is 4.08. The van der Waals surface area contributed by atoms with Crippen molar-refractivity contribution in [3.8, 4) is 0 Å². The Balaban J connectivity index is 1.83. The molecule has 1 aromatic carbocycles. The Morgan fingerprint density at radius 3 is 2.58 bits per heavy atom. The summed E-state index contributed by atoms with van der Waals surface area (Å²) < 4.78 is 48.1. The van der Waals surface area contributed by atoms with Crippen LogP contribution in [-0.2, 0) is 29.2 Å². The van der Waals surface area contributed by atoms with E-state index in [9.17, 15) is 17.2 Å². The minimum Gasteiger partial charge on any atom is -0.365 e. The maximum absolute atomic E-state index is 12.6. The quantitative estimate of drug-likeness (QED) is 0.845. The summed E-state index contributed by atoms with van der Waals surface area (Å²) in [5.41, 5.74) is 2.85. The van der Waals surface area contributed by atoms with Gasteiger partial charge in [0.25, 0.3) is 0 Å². The first-order valence-electron chi connectivity index (χ1n) is 7.62. The summed E-state index contributed by atoms with van der Waals surface area (Å²) >= 11 is 0. The molecule has 0 spiro atoms. The number of nitrogens with zero attached hydrogens (tertiary/aromatic N) is 3. The molecule has 0 saturated heterocycles. The van der Waals surface area contributed by atoms with E-state index in [0.717, 1.165) is 42.2 Å². The molecule has 1 aromatic heterocycles. The van der Waals surface area contributed by atoms with Gasteiger partial charge < -0.3 is 4.90 Å². The predicted molar refractivity (Wildman–Crippen MR) is 85.8 cm³/mol. The fourth-order valence-electron chi connectivity index (χ4n) is 2.68. The van der Waals surface area contributed by atoms with Crippen molar-refractivity contribution in [3.05, 3.63) is 47.5 Å². The first-order chi connectivity index (χ1) is 11.4. The van der Waals surface area contributed by atoms with Gasteiger partial charge in [-0.2, -0.15) is 8.78 Å². The standard InChI is InChI=1S/C16H17F2N3O2S/c1-2-15-19-9-11-7-8-21(10-14(11)20-15)12-3-5-13(6-4-12)24(22,23)16(17)18/h3-6,9,16H,2,7-8,10H2,1H3. The van der Waals surface area contributed by atoms with E-state index in [4.69, 9.17) is 0 Å². The van der Waals surface area contributed by atoms with E-state index in [-0.39, 0.29) is 4.90 Å². The van der Waals surface area contributed by atoms with Crippen molar-refractivity contribution in [2.24, 2.45) is 0 Å². The minimum atomic E-state index is -4.55. The van der Waals surface area contributed by atoms with Crippen molar-refractivity contribution >= 4 is 15.5 Å². The largest absolute Gasteiger partial charge is 0.365 e. The fourth-order valence-corrected chi connectivity index (χ4v) is 3.41. The lowest BCUT2D eigenvalue weighted by Crippen LogP contribution is -2.31. The molecule has 0 aliphatic carbocycles. The second-order valence-electron chi connectivity index (χ2n) is 5.58. The summed E-state index contributed by atoms with van der Waals surface area (Å²) in [6.45, 7) is 3.32. The van der Waals surface area contributed by atoms with Gasteiger partial charge in [0.15, 0.2) is 0 Å². The third-order valence-corrected chi connectivity index (χ3v) is 5.48. The maximum atomic E-state index is 12.6.